The van der Waals surface area contributed by atoms with Gasteiger partial charge in [0.15, 0.2) is 5.78 Å². The summed E-state index contributed by atoms with van der Waals surface area (Å²) in [4.78, 5) is 21.5. The third kappa shape index (κ3) is 1.49. The average molecular weight is 290 g/mol. The number of fused-ring (bicyclic) bond motifs is 5. The maximum Gasteiger partial charge on any atom is 0.225 e. The number of aromatic nitrogens is 2. The Hall–Kier alpha value is -2.75. The molecule has 0 unspecified atom stereocenters. The van der Waals surface area contributed by atoms with Crippen molar-refractivity contribution in [3.05, 3.63) is 52.8 Å². The van der Waals surface area contributed by atoms with Crippen LogP contribution in [0.25, 0.3) is 22.0 Å². The van der Waals surface area contributed by atoms with Crippen LogP contribution in [-0.4, -0.2) is 22.9 Å². The summed E-state index contributed by atoms with van der Waals surface area (Å²) in [6.07, 6.45) is 3.38. The summed E-state index contributed by atoms with van der Waals surface area (Å²) in [5, 5.41) is 0.971. The van der Waals surface area contributed by atoms with Crippen molar-refractivity contribution >= 4 is 16.7 Å². The van der Waals surface area contributed by atoms with E-state index in [2.05, 4.69) is 23.0 Å². The van der Waals surface area contributed by atoms with Crippen molar-refractivity contribution in [3.63, 3.8) is 0 Å². The van der Waals surface area contributed by atoms with Crippen molar-refractivity contribution in [3.8, 4) is 17.0 Å². The first-order valence-electron chi connectivity index (χ1n) is 7.10. The van der Waals surface area contributed by atoms with E-state index in [1.807, 2.05) is 13.0 Å². The van der Waals surface area contributed by atoms with Crippen LogP contribution in [0.5, 0.6) is 5.88 Å². The molecule has 0 atom stereocenters. The van der Waals surface area contributed by atoms with E-state index in [-0.39, 0.29) is 5.78 Å². The summed E-state index contributed by atoms with van der Waals surface area (Å²) in [5.41, 5.74) is 6.09. The largest absolute Gasteiger partial charge is 0.480 e. The lowest BCUT2D eigenvalue weighted by atomic mass is 9.98. The number of benzene rings is 1. The molecule has 0 aliphatic heterocycles. The number of carbonyl (C=O) groups is 1. The van der Waals surface area contributed by atoms with Gasteiger partial charge in [-0.15, -0.1) is 0 Å². The second-order valence-corrected chi connectivity index (χ2v) is 5.53. The van der Waals surface area contributed by atoms with Crippen LogP contribution in [0.4, 0.5) is 0 Å². The minimum atomic E-state index is -0.0446. The summed E-state index contributed by atoms with van der Waals surface area (Å²) >= 11 is 0. The maximum absolute atomic E-state index is 12.7. The number of ketones is 1. The summed E-state index contributed by atoms with van der Waals surface area (Å²) in [6.45, 7) is 4.09. The van der Waals surface area contributed by atoms with Crippen LogP contribution in [-0.2, 0) is 0 Å². The van der Waals surface area contributed by atoms with Gasteiger partial charge in [0, 0.05) is 34.5 Å². The third-order valence-corrected chi connectivity index (χ3v) is 4.40. The Labute approximate surface area is 127 Å². The van der Waals surface area contributed by atoms with E-state index >= 15 is 0 Å². The number of methoxy groups -OCH3 is 1. The Balaban J connectivity index is 2.24. The number of ether oxygens (including phenoxy) is 1. The van der Waals surface area contributed by atoms with Gasteiger partial charge in [-0.1, -0.05) is 12.1 Å². The zero-order valence-corrected chi connectivity index (χ0v) is 12.6. The molecule has 0 saturated heterocycles. The van der Waals surface area contributed by atoms with Crippen LogP contribution in [0.1, 0.15) is 27.0 Å². The Morgan fingerprint density at radius 1 is 1.05 bits per heavy atom. The third-order valence-electron chi connectivity index (χ3n) is 4.40. The van der Waals surface area contributed by atoms with Gasteiger partial charge in [0.1, 0.15) is 0 Å². The number of rotatable bonds is 1. The zero-order valence-electron chi connectivity index (χ0n) is 12.6. The van der Waals surface area contributed by atoms with E-state index in [4.69, 9.17) is 4.74 Å². The van der Waals surface area contributed by atoms with Crippen molar-refractivity contribution in [1.29, 1.82) is 0 Å². The molecule has 4 rings (SSSR count). The van der Waals surface area contributed by atoms with E-state index < -0.39 is 0 Å². The Kier molecular flexibility index (Phi) is 2.57. The number of carbonyl (C=O) groups excluding carboxylic acids is 1. The smallest absolute Gasteiger partial charge is 0.225 e. The quantitative estimate of drug-likeness (QED) is 0.538. The fourth-order valence-electron chi connectivity index (χ4n) is 3.11. The van der Waals surface area contributed by atoms with Crippen LogP contribution >= 0.6 is 0 Å². The molecule has 0 spiro atoms. The van der Waals surface area contributed by atoms with Crippen LogP contribution in [0, 0.1) is 13.8 Å². The molecule has 3 aromatic rings. The molecule has 1 aliphatic rings. The highest BCUT2D eigenvalue weighted by atomic mass is 16.5. The first-order chi connectivity index (χ1) is 10.6. The molecule has 0 fully saturated rings. The van der Waals surface area contributed by atoms with Gasteiger partial charge in [-0.05, 0) is 31.0 Å². The Bertz CT molecular complexity index is 961. The molecule has 0 N–H and O–H groups in total. The van der Waals surface area contributed by atoms with E-state index in [1.54, 1.807) is 25.6 Å². The van der Waals surface area contributed by atoms with Crippen LogP contribution in [0.3, 0.4) is 0 Å². The monoisotopic (exact) mass is 290 g/mol. The van der Waals surface area contributed by atoms with Gasteiger partial charge < -0.3 is 4.74 Å². The molecule has 2 heterocycles. The molecular formula is C18H14N2O2. The van der Waals surface area contributed by atoms with Crippen LogP contribution in [0.2, 0.25) is 0 Å². The van der Waals surface area contributed by atoms with Crippen molar-refractivity contribution in [2.75, 3.05) is 7.11 Å². The van der Waals surface area contributed by atoms with Crippen LogP contribution < -0.4 is 4.74 Å². The lowest BCUT2D eigenvalue weighted by Crippen LogP contribution is -2.02. The molecule has 0 radical (unpaired) electrons. The van der Waals surface area contributed by atoms with Gasteiger partial charge in [-0.3, -0.25) is 9.78 Å². The van der Waals surface area contributed by atoms with E-state index in [0.29, 0.717) is 17.0 Å². The number of aryl methyl sites for hydroxylation is 2. The average Bonchev–Trinajstić information content (AvgIpc) is 2.85. The number of hydrogen-bond donors (Lipinski definition) is 0. The van der Waals surface area contributed by atoms with E-state index in [0.717, 1.165) is 33.2 Å². The standard InChI is InChI=1S/C18H14N2O2/c1-9-4-5-12-14-13-8-19-7-6-11(13)17(21)15(14)18(22-3)20-16(12)10(9)2/h4-8H,1-3H3. The maximum atomic E-state index is 12.7. The summed E-state index contributed by atoms with van der Waals surface area (Å²) in [5.74, 6) is 0.342. The predicted octanol–water partition coefficient (Wildman–Crippen LogP) is 3.47. The lowest BCUT2D eigenvalue weighted by Gasteiger charge is -2.12. The normalized spacial score (nSPS) is 12.4. The number of nitrogens with zero attached hydrogens (tertiary/aromatic N) is 2. The summed E-state index contributed by atoms with van der Waals surface area (Å²) < 4.78 is 5.41. The molecular weight excluding hydrogens is 276 g/mol. The molecule has 1 aromatic carbocycles. The molecule has 22 heavy (non-hydrogen) atoms. The first kappa shape index (κ1) is 13.0. The van der Waals surface area contributed by atoms with Crippen molar-refractivity contribution in [2.24, 2.45) is 0 Å². The topological polar surface area (TPSA) is 52.1 Å². The Morgan fingerprint density at radius 3 is 2.64 bits per heavy atom. The van der Waals surface area contributed by atoms with Crippen molar-refractivity contribution in [1.82, 2.24) is 9.97 Å². The van der Waals surface area contributed by atoms with Gasteiger partial charge in [0.05, 0.1) is 18.2 Å². The first-order valence-corrected chi connectivity index (χ1v) is 7.10. The molecule has 0 bridgehead atoms. The fourth-order valence-corrected chi connectivity index (χ4v) is 3.11. The fraction of sp³-hybridized carbons (Fsp3) is 0.167. The molecule has 108 valence electrons. The molecule has 4 heteroatoms. The Morgan fingerprint density at radius 2 is 1.86 bits per heavy atom. The van der Waals surface area contributed by atoms with Gasteiger partial charge in [0.2, 0.25) is 5.88 Å². The minimum absolute atomic E-state index is 0.0446. The van der Waals surface area contributed by atoms with Gasteiger partial charge in [-0.2, -0.15) is 0 Å². The molecule has 2 aromatic heterocycles. The van der Waals surface area contributed by atoms with E-state index in [9.17, 15) is 4.79 Å². The second kappa shape index (κ2) is 4.37. The van der Waals surface area contributed by atoms with Gasteiger partial charge >= 0.3 is 0 Å². The predicted molar refractivity (Wildman–Crippen MR) is 84.4 cm³/mol. The molecule has 1 aliphatic carbocycles. The summed E-state index contributed by atoms with van der Waals surface area (Å²) in [7, 11) is 1.55. The number of pyridine rings is 2. The van der Waals surface area contributed by atoms with E-state index in [1.165, 1.54) is 0 Å². The highest BCUT2D eigenvalue weighted by Gasteiger charge is 2.33. The highest BCUT2D eigenvalue weighted by Crippen LogP contribution is 2.44. The molecule has 4 nitrogen and oxygen atoms in total. The minimum Gasteiger partial charge on any atom is -0.480 e. The molecule has 0 amide bonds. The van der Waals surface area contributed by atoms with Gasteiger partial charge in [0.25, 0.3) is 0 Å². The highest BCUT2D eigenvalue weighted by molar-refractivity contribution is 6.26. The van der Waals surface area contributed by atoms with Crippen LogP contribution in [0.15, 0.2) is 30.6 Å². The lowest BCUT2D eigenvalue weighted by molar-refractivity contribution is 0.104. The molecule has 0 saturated carbocycles. The van der Waals surface area contributed by atoms with Gasteiger partial charge in [-0.25, -0.2) is 4.98 Å². The zero-order chi connectivity index (χ0) is 15.4. The van der Waals surface area contributed by atoms with Crippen molar-refractivity contribution < 1.29 is 9.53 Å². The second-order valence-electron chi connectivity index (χ2n) is 5.53. The number of hydrogen-bond acceptors (Lipinski definition) is 4. The summed E-state index contributed by atoms with van der Waals surface area (Å²) in [6, 6.07) is 5.84. The SMILES string of the molecule is COc1nc2c(C)c(C)ccc2c2c1C(=O)c1ccncc1-2. The van der Waals surface area contributed by atoms with Crippen molar-refractivity contribution in [2.45, 2.75) is 13.8 Å².